The Labute approximate surface area is 156 Å². The van der Waals surface area contributed by atoms with E-state index in [-0.39, 0.29) is 18.4 Å². The molecule has 1 saturated heterocycles. The molecule has 2 amide bonds. The van der Waals surface area contributed by atoms with Crippen molar-refractivity contribution in [3.8, 4) is 11.1 Å². The Morgan fingerprint density at radius 3 is 2.15 bits per heavy atom. The smallest absolute Gasteiger partial charge is 0.427 e. The van der Waals surface area contributed by atoms with E-state index in [9.17, 15) is 14.4 Å². The first kappa shape index (κ1) is 17.3. The third kappa shape index (κ3) is 2.77. The van der Waals surface area contributed by atoms with Gasteiger partial charge in [-0.25, -0.2) is 14.4 Å². The highest BCUT2D eigenvalue weighted by molar-refractivity contribution is 6.04. The monoisotopic (exact) mass is 365 g/mol. The number of ether oxygens (including phenoxy) is 2. The molecular weight excluding hydrogens is 346 g/mol. The Kier molecular flexibility index (Phi) is 4.18. The van der Waals surface area contributed by atoms with Gasteiger partial charge in [-0.05, 0) is 28.2 Å². The zero-order chi connectivity index (χ0) is 19.1. The van der Waals surface area contributed by atoms with Crippen LogP contribution in [0.25, 0.3) is 11.1 Å². The molecule has 1 aliphatic carbocycles. The quantitative estimate of drug-likeness (QED) is 0.608. The number of hydrogen-bond donors (Lipinski definition) is 0. The second-order valence-corrected chi connectivity index (χ2v) is 7.05. The zero-order valence-electron chi connectivity index (χ0n) is 15.0. The maximum absolute atomic E-state index is 12.5. The minimum atomic E-state index is -0.976. The van der Waals surface area contributed by atoms with Gasteiger partial charge in [0.25, 0.3) is 0 Å². The van der Waals surface area contributed by atoms with Gasteiger partial charge in [-0.3, -0.25) is 0 Å². The van der Waals surface area contributed by atoms with E-state index in [1.807, 2.05) is 48.5 Å². The molecule has 1 heterocycles. The van der Waals surface area contributed by atoms with Crippen molar-refractivity contribution >= 4 is 18.2 Å². The Morgan fingerprint density at radius 2 is 1.59 bits per heavy atom. The molecule has 6 nitrogen and oxygen atoms in total. The number of fused-ring (bicyclic) bond motifs is 3. The van der Waals surface area contributed by atoms with E-state index in [0.29, 0.717) is 0 Å². The summed E-state index contributed by atoms with van der Waals surface area (Å²) in [5, 5.41) is 0. The van der Waals surface area contributed by atoms with Gasteiger partial charge in [0.2, 0.25) is 0 Å². The Bertz CT molecular complexity index is 890. The van der Waals surface area contributed by atoms with Crippen molar-refractivity contribution in [1.29, 1.82) is 0 Å². The van der Waals surface area contributed by atoms with Crippen LogP contribution in [0.2, 0.25) is 0 Å². The van der Waals surface area contributed by atoms with Crippen LogP contribution in [0, 0.1) is 5.92 Å². The topological polar surface area (TPSA) is 72.9 Å². The molecule has 2 aliphatic rings. The Hall–Kier alpha value is -3.15. The lowest BCUT2D eigenvalue weighted by Gasteiger charge is -2.21. The number of carbonyl (C=O) groups excluding carboxylic acids is 3. The first-order valence-corrected chi connectivity index (χ1v) is 8.89. The van der Waals surface area contributed by atoms with Gasteiger partial charge in [0.15, 0.2) is 0 Å². The number of rotatable bonds is 3. The highest BCUT2D eigenvalue weighted by Crippen LogP contribution is 2.44. The lowest BCUT2D eigenvalue weighted by molar-refractivity contribution is -0.136. The molecule has 0 aromatic heterocycles. The van der Waals surface area contributed by atoms with Crippen LogP contribution in [-0.4, -0.2) is 35.7 Å². The summed E-state index contributed by atoms with van der Waals surface area (Å²) in [5.41, 5.74) is 4.38. The fourth-order valence-electron chi connectivity index (χ4n) is 3.84. The zero-order valence-corrected chi connectivity index (χ0v) is 15.0. The lowest BCUT2D eigenvalue weighted by atomic mass is 9.98. The minimum absolute atomic E-state index is 0.0790. The molecule has 1 fully saturated rings. The molecule has 4 rings (SSSR count). The van der Waals surface area contributed by atoms with Crippen LogP contribution >= 0.6 is 0 Å². The highest BCUT2D eigenvalue weighted by Gasteiger charge is 2.48. The summed E-state index contributed by atoms with van der Waals surface area (Å²) >= 11 is 0. The first-order valence-electron chi connectivity index (χ1n) is 8.89. The third-order valence-electron chi connectivity index (χ3n) is 5.07. The Morgan fingerprint density at radius 1 is 1.04 bits per heavy atom. The summed E-state index contributed by atoms with van der Waals surface area (Å²) in [6, 6.07) is 15.0. The molecule has 0 radical (unpaired) electrons. The normalized spacial score (nSPS) is 18.5. The van der Waals surface area contributed by atoms with E-state index in [1.165, 1.54) is 0 Å². The van der Waals surface area contributed by atoms with E-state index >= 15 is 0 Å². The second-order valence-electron chi connectivity index (χ2n) is 7.05. The van der Waals surface area contributed by atoms with E-state index in [1.54, 1.807) is 13.8 Å². The number of esters is 1. The largest absolute Gasteiger partial charge is 0.448 e. The summed E-state index contributed by atoms with van der Waals surface area (Å²) in [6.45, 7) is 3.57. The lowest BCUT2D eigenvalue weighted by Crippen LogP contribution is -2.43. The fourth-order valence-corrected chi connectivity index (χ4v) is 3.84. The van der Waals surface area contributed by atoms with E-state index in [2.05, 4.69) is 4.74 Å². The molecule has 1 aliphatic heterocycles. The average Bonchev–Trinajstić information content (AvgIpc) is 3.13. The van der Waals surface area contributed by atoms with Crippen LogP contribution in [0.15, 0.2) is 48.5 Å². The van der Waals surface area contributed by atoms with Gasteiger partial charge in [0.05, 0.1) is 0 Å². The number of imide groups is 1. The van der Waals surface area contributed by atoms with Gasteiger partial charge in [-0.1, -0.05) is 62.4 Å². The molecule has 0 bridgehead atoms. The number of nitrogens with zero attached hydrogens (tertiary/aromatic N) is 1. The highest BCUT2D eigenvalue weighted by atomic mass is 16.6. The van der Waals surface area contributed by atoms with E-state index < -0.39 is 24.2 Å². The van der Waals surface area contributed by atoms with Crippen molar-refractivity contribution in [2.75, 3.05) is 6.61 Å². The van der Waals surface area contributed by atoms with Crippen molar-refractivity contribution in [1.82, 2.24) is 4.90 Å². The predicted molar refractivity (Wildman–Crippen MR) is 97.0 cm³/mol. The SMILES string of the molecule is CC(C)[C@@H]1C(=O)OC(=O)N1C(=O)OCC1c2ccccc2-c2ccccc21. The van der Waals surface area contributed by atoms with Gasteiger partial charge in [0, 0.05) is 5.92 Å². The van der Waals surface area contributed by atoms with Gasteiger partial charge in [-0.15, -0.1) is 0 Å². The fraction of sp³-hybridized carbons (Fsp3) is 0.286. The average molecular weight is 365 g/mol. The summed E-state index contributed by atoms with van der Waals surface area (Å²) in [6.07, 6.45) is -1.83. The summed E-state index contributed by atoms with van der Waals surface area (Å²) in [7, 11) is 0. The summed E-state index contributed by atoms with van der Waals surface area (Å²) in [4.78, 5) is 37.1. The van der Waals surface area contributed by atoms with E-state index in [4.69, 9.17) is 4.74 Å². The number of hydrogen-bond acceptors (Lipinski definition) is 5. The second kappa shape index (κ2) is 6.54. The van der Waals surface area contributed by atoms with Crippen LogP contribution in [0.1, 0.15) is 30.9 Å². The molecule has 2 aromatic rings. The van der Waals surface area contributed by atoms with Crippen LogP contribution in [-0.2, 0) is 14.3 Å². The summed E-state index contributed by atoms with van der Waals surface area (Å²) in [5.74, 6) is -1.10. The van der Waals surface area contributed by atoms with Crippen molar-refractivity contribution in [2.24, 2.45) is 5.92 Å². The van der Waals surface area contributed by atoms with Crippen LogP contribution < -0.4 is 0 Å². The molecular formula is C21H19NO5. The molecule has 138 valence electrons. The number of cyclic esters (lactones) is 2. The molecule has 0 saturated carbocycles. The Balaban J connectivity index is 1.56. The van der Waals surface area contributed by atoms with Crippen LogP contribution in [0.4, 0.5) is 9.59 Å². The maximum atomic E-state index is 12.5. The number of amides is 2. The van der Waals surface area contributed by atoms with Crippen molar-refractivity contribution in [3.63, 3.8) is 0 Å². The standard InChI is InChI=1S/C21H19NO5/c1-12(2)18-19(23)27-21(25)22(18)20(24)26-11-17-15-9-5-3-7-13(15)14-8-4-6-10-16(14)17/h3-10,12,17-18H,11H2,1-2H3/t18-/m1/s1. The molecule has 1 atom stereocenters. The molecule has 27 heavy (non-hydrogen) atoms. The van der Waals surface area contributed by atoms with Gasteiger partial charge in [0.1, 0.15) is 12.6 Å². The van der Waals surface area contributed by atoms with Crippen molar-refractivity contribution < 1.29 is 23.9 Å². The minimum Gasteiger partial charge on any atom is -0.448 e. The third-order valence-corrected chi connectivity index (χ3v) is 5.07. The predicted octanol–water partition coefficient (Wildman–Crippen LogP) is 3.94. The maximum Gasteiger partial charge on any atom is 0.427 e. The number of benzene rings is 2. The number of carbonyl (C=O) groups is 3. The summed E-state index contributed by atoms with van der Waals surface area (Å²) < 4.78 is 10.1. The van der Waals surface area contributed by atoms with Crippen LogP contribution in [0.3, 0.4) is 0 Å². The van der Waals surface area contributed by atoms with Crippen molar-refractivity contribution in [2.45, 2.75) is 25.8 Å². The molecule has 0 spiro atoms. The van der Waals surface area contributed by atoms with Crippen LogP contribution in [0.5, 0.6) is 0 Å². The van der Waals surface area contributed by atoms with E-state index in [0.717, 1.165) is 27.2 Å². The molecule has 0 N–H and O–H groups in total. The molecule has 0 unspecified atom stereocenters. The van der Waals surface area contributed by atoms with Gasteiger partial charge in [-0.2, -0.15) is 4.90 Å². The van der Waals surface area contributed by atoms with Gasteiger partial charge >= 0.3 is 18.2 Å². The molecule has 2 aromatic carbocycles. The van der Waals surface area contributed by atoms with Crippen molar-refractivity contribution in [3.05, 3.63) is 59.7 Å². The molecule has 6 heteroatoms. The first-order chi connectivity index (χ1) is 13.0. The van der Waals surface area contributed by atoms with Gasteiger partial charge < -0.3 is 9.47 Å².